The van der Waals surface area contributed by atoms with Crippen molar-refractivity contribution in [3.05, 3.63) is 30.3 Å². The Morgan fingerprint density at radius 3 is 2.15 bits per heavy atom. The number of nitrogens with two attached hydrogens (primary N) is 1. The van der Waals surface area contributed by atoms with Gasteiger partial charge in [-0.2, -0.15) is 0 Å². The lowest BCUT2D eigenvalue weighted by molar-refractivity contribution is -0.720. The van der Waals surface area contributed by atoms with E-state index < -0.39 is 0 Å². The summed E-state index contributed by atoms with van der Waals surface area (Å²) < 4.78 is 0. The lowest BCUT2D eigenvalue weighted by atomic mass is 9.48. The summed E-state index contributed by atoms with van der Waals surface area (Å²) in [6.07, 6.45) is 8.68. The molecule has 0 spiro atoms. The predicted octanol–water partition coefficient (Wildman–Crippen LogP) is 2.49. The molecule has 26 heavy (non-hydrogen) atoms. The minimum absolute atomic E-state index is 0.0298. The lowest BCUT2D eigenvalue weighted by Crippen LogP contribution is -2.98. The van der Waals surface area contributed by atoms with Gasteiger partial charge < -0.3 is 5.32 Å². The SMILES string of the molecule is C[C@H]([NH2+][C@@H]1CC(=O)N(c2ccccc2)C1=O)C12CC3CC(CC(C3)C1)C2. The average molecular weight is 353 g/mol. The number of amides is 2. The van der Waals surface area contributed by atoms with Gasteiger partial charge in [-0.1, -0.05) is 18.2 Å². The third kappa shape index (κ3) is 2.53. The van der Waals surface area contributed by atoms with Gasteiger partial charge in [0.25, 0.3) is 5.91 Å². The van der Waals surface area contributed by atoms with Crippen molar-refractivity contribution >= 4 is 17.5 Å². The van der Waals surface area contributed by atoms with E-state index in [1.54, 1.807) is 0 Å². The van der Waals surface area contributed by atoms with Gasteiger partial charge in [0.05, 0.1) is 18.2 Å². The van der Waals surface area contributed by atoms with Gasteiger partial charge >= 0.3 is 0 Å². The van der Waals surface area contributed by atoms with E-state index >= 15 is 0 Å². The van der Waals surface area contributed by atoms with Crippen molar-refractivity contribution < 1.29 is 14.9 Å². The van der Waals surface area contributed by atoms with E-state index in [4.69, 9.17) is 0 Å². The topological polar surface area (TPSA) is 54.0 Å². The van der Waals surface area contributed by atoms with E-state index in [0.717, 1.165) is 17.8 Å². The summed E-state index contributed by atoms with van der Waals surface area (Å²) in [6.45, 7) is 2.32. The van der Waals surface area contributed by atoms with Gasteiger partial charge in [-0.05, 0) is 75.3 Å². The zero-order valence-corrected chi connectivity index (χ0v) is 15.6. The third-order valence-corrected chi connectivity index (χ3v) is 7.77. The number of carbonyl (C=O) groups is 2. The van der Waals surface area contributed by atoms with Gasteiger partial charge in [0.2, 0.25) is 5.91 Å². The molecule has 0 radical (unpaired) electrons. The van der Waals surface area contributed by atoms with Crippen LogP contribution in [0.4, 0.5) is 5.69 Å². The van der Waals surface area contributed by atoms with Gasteiger partial charge in [-0.3, -0.25) is 9.59 Å². The van der Waals surface area contributed by atoms with Gasteiger partial charge in [0.1, 0.15) is 0 Å². The van der Waals surface area contributed by atoms with E-state index in [1.165, 1.54) is 43.4 Å². The molecule has 2 atom stereocenters. The van der Waals surface area contributed by atoms with Crippen molar-refractivity contribution in [3.63, 3.8) is 0 Å². The van der Waals surface area contributed by atoms with Crippen LogP contribution in [0.25, 0.3) is 0 Å². The number of anilines is 1. The van der Waals surface area contributed by atoms with Crippen molar-refractivity contribution in [2.24, 2.45) is 23.2 Å². The summed E-state index contributed by atoms with van der Waals surface area (Å²) in [5.74, 6) is 2.66. The molecule has 0 unspecified atom stereocenters. The van der Waals surface area contributed by atoms with Gasteiger partial charge in [0, 0.05) is 5.41 Å². The molecule has 5 fully saturated rings. The number of imide groups is 1. The molecule has 6 rings (SSSR count). The maximum absolute atomic E-state index is 13.0. The molecule has 5 aliphatic rings. The first kappa shape index (κ1) is 16.5. The predicted molar refractivity (Wildman–Crippen MR) is 99.3 cm³/mol. The molecule has 1 aliphatic heterocycles. The number of rotatable bonds is 4. The number of nitrogens with zero attached hydrogens (tertiary/aromatic N) is 1. The molecule has 1 aromatic rings. The summed E-state index contributed by atoms with van der Waals surface area (Å²) in [6, 6.07) is 9.55. The standard InChI is InChI=1S/C22H28N2O2/c1-14(22-11-15-7-16(12-22)9-17(8-15)13-22)23-19-10-20(25)24(21(19)26)18-5-3-2-4-6-18/h2-6,14-17,19,23H,7-13H2,1H3/p+1/t14-,15?,16?,17?,19+,22?/m0/s1. The molecular weight excluding hydrogens is 324 g/mol. The number of para-hydroxylation sites is 1. The zero-order valence-electron chi connectivity index (χ0n) is 15.6. The van der Waals surface area contributed by atoms with Crippen LogP contribution in [-0.4, -0.2) is 23.9 Å². The summed E-state index contributed by atoms with van der Waals surface area (Å²) in [5.41, 5.74) is 1.11. The molecule has 4 nitrogen and oxygen atoms in total. The van der Waals surface area contributed by atoms with Crippen molar-refractivity contribution in [3.8, 4) is 0 Å². The van der Waals surface area contributed by atoms with E-state index in [1.807, 2.05) is 30.3 Å². The van der Waals surface area contributed by atoms with E-state index in [9.17, 15) is 9.59 Å². The molecule has 4 bridgehead atoms. The highest BCUT2D eigenvalue weighted by molar-refractivity contribution is 6.21. The Morgan fingerprint density at radius 1 is 1.00 bits per heavy atom. The van der Waals surface area contributed by atoms with Crippen molar-refractivity contribution in [1.29, 1.82) is 0 Å². The molecule has 2 N–H and O–H groups in total. The van der Waals surface area contributed by atoms with Gasteiger partial charge in [-0.25, -0.2) is 4.90 Å². The van der Waals surface area contributed by atoms with Crippen molar-refractivity contribution in [2.45, 2.75) is 64.0 Å². The molecule has 2 amide bonds. The molecular formula is C22H29N2O2+. The van der Waals surface area contributed by atoms with Gasteiger partial charge in [0.15, 0.2) is 6.04 Å². The van der Waals surface area contributed by atoms with Crippen molar-refractivity contribution in [1.82, 2.24) is 0 Å². The van der Waals surface area contributed by atoms with Crippen LogP contribution in [0, 0.1) is 23.2 Å². The van der Waals surface area contributed by atoms with Crippen LogP contribution >= 0.6 is 0 Å². The van der Waals surface area contributed by atoms with Crippen LogP contribution < -0.4 is 10.2 Å². The first-order valence-corrected chi connectivity index (χ1v) is 10.3. The summed E-state index contributed by atoms with van der Waals surface area (Å²) >= 11 is 0. The van der Waals surface area contributed by atoms with Crippen LogP contribution in [0.5, 0.6) is 0 Å². The average Bonchev–Trinajstić information content (AvgIpc) is 2.88. The molecule has 4 saturated carbocycles. The van der Waals surface area contributed by atoms with Gasteiger partial charge in [-0.15, -0.1) is 0 Å². The maximum atomic E-state index is 13.0. The zero-order chi connectivity index (χ0) is 17.9. The van der Waals surface area contributed by atoms with Crippen LogP contribution in [0.2, 0.25) is 0 Å². The second kappa shape index (κ2) is 5.91. The largest absolute Gasteiger partial charge is 0.333 e. The quantitative estimate of drug-likeness (QED) is 0.846. The highest BCUT2D eigenvalue weighted by Gasteiger charge is 2.56. The molecule has 1 heterocycles. The van der Waals surface area contributed by atoms with Crippen LogP contribution in [0.1, 0.15) is 51.9 Å². The Kier molecular flexibility index (Phi) is 3.75. The monoisotopic (exact) mass is 353 g/mol. The number of quaternary nitrogens is 1. The molecule has 1 saturated heterocycles. The highest BCUT2D eigenvalue weighted by atomic mass is 16.2. The first-order valence-electron chi connectivity index (χ1n) is 10.3. The first-order chi connectivity index (χ1) is 12.5. The second-order valence-corrected chi connectivity index (χ2v) is 9.47. The lowest BCUT2D eigenvalue weighted by Gasteiger charge is -2.58. The molecule has 0 aromatic heterocycles. The molecule has 1 aromatic carbocycles. The fourth-order valence-corrected chi connectivity index (χ4v) is 6.94. The fraction of sp³-hybridized carbons (Fsp3) is 0.636. The van der Waals surface area contributed by atoms with E-state index in [-0.39, 0.29) is 17.9 Å². The van der Waals surface area contributed by atoms with Crippen molar-refractivity contribution in [2.75, 3.05) is 4.90 Å². The Bertz CT molecular complexity index is 694. The number of benzene rings is 1. The number of carbonyl (C=O) groups excluding carboxylic acids is 2. The van der Waals surface area contributed by atoms with Crippen LogP contribution in [0.15, 0.2) is 30.3 Å². The fourth-order valence-electron chi connectivity index (χ4n) is 6.94. The highest BCUT2D eigenvalue weighted by Crippen LogP contribution is 2.60. The van der Waals surface area contributed by atoms with E-state index in [2.05, 4.69) is 12.2 Å². The summed E-state index contributed by atoms with van der Waals surface area (Å²) in [7, 11) is 0. The van der Waals surface area contributed by atoms with E-state index in [0.29, 0.717) is 23.6 Å². The number of hydrogen-bond acceptors (Lipinski definition) is 2. The number of hydrogen-bond donors (Lipinski definition) is 1. The Morgan fingerprint density at radius 2 is 1.58 bits per heavy atom. The summed E-state index contributed by atoms with van der Waals surface area (Å²) in [5, 5.41) is 2.25. The van der Waals surface area contributed by atoms with Crippen LogP contribution in [-0.2, 0) is 9.59 Å². The Hall–Kier alpha value is -1.68. The van der Waals surface area contributed by atoms with Crippen LogP contribution in [0.3, 0.4) is 0 Å². The summed E-state index contributed by atoms with van der Waals surface area (Å²) in [4.78, 5) is 26.9. The normalized spacial score (nSPS) is 39.7. The second-order valence-electron chi connectivity index (χ2n) is 9.47. The Labute approximate surface area is 155 Å². The molecule has 4 aliphatic carbocycles. The third-order valence-electron chi connectivity index (χ3n) is 7.77. The minimum atomic E-state index is -0.245. The molecule has 138 valence electrons. The maximum Gasteiger partial charge on any atom is 0.292 e. The Balaban J connectivity index is 1.32. The molecule has 4 heteroatoms. The minimum Gasteiger partial charge on any atom is -0.333 e. The smallest absolute Gasteiger partial charge is 0.292 e.